The molecule has 0 fully saturated rings. The molecule has 0 aliphatic heterocycles. The normalized spacial score (nSPS) is 9.67. The van der Waals surface area contributed by atoms with Crippen molar-refractivity contribution in [2.75, 3.05) is 5.32 Å². The molecule has 0 radical (unpaired) electrons. The summed E-state index contributed by atoms with van der Waals surface area (Å²) >= 11 is 0.449. The van der Waals surface area contributed by atoms with Crippen LogP contribution in [0.3, 0.4) is 0 Å². The number of rotatable bonds is 2. The Kier molecular flexibility index (Phi) is 2.21. The van der Waals surface area contributed by atoms with E-state index >= 15 is 0 Å². The van der Waals surface area contributed by atoms with E-state index in [0.29, 0.717) is 14.5 Å². The quantitative estimate of drug-likeness (QED) is 0.781. The zero-order chi connectivity index (χ0) is 8.23. The fourth-order valence-electron chi connectivity index (χ4n) is 0.841. The van der Waals surface area contributed by atoms with Gasteiger partial charge in [-0.3, -0.25) is 0 Å². The van der Waals surface area contributed by atoms with Crippen molar-refractivity contribution < 1.29 is 0 Å². The van der Waals surface area contributed by atoms with Gasteiger partial charge in [-0.05, 0) is 0 Å². The predicted molar refractivity (Wildman–Crippen MR) is 48.7 cm³/mol. The molecule has 0 atom stereocenters. The summed E-state index contributed by atoms with van der Waals surface area (Å²) < 4.78 is 1.24. The third-order valence-corrected chi connectivity index (χ3v) is 3.00. The molecule has 0 aliphatic rings. The van der Waals surface area contributed by atoms with Crippen LogP contribution in [0.5, 0.6) is 0 Å². The van der Waals surface area contributed by atoms with E-state index in [4.69, 9.17) is 0 Å². The standard InChI is InChI=1S/C8H7N3Se/c1-2-8(12-5-1)11-7-3-4-9-6-10-7/h1-6H,(H,9,10,11). The molecule has 0 bridgehead atoms. The van der Waals surface area contributed by atoms with Crippen molar-refractivity contribution in [3.05, 3.63) is 35.7 Å². The molecule has 2 aromatic rings. The molecule has 2 heterocycles. The summed E-state index contributed by atoms with van der Waals surface area (Å²) in [6.07, 6.45) is 3.27. The van der Waals surface area contributed by atoms with Crippen molar-refractivity contribution in [2.45, 2.75) is 0 Å². The number of nitrogens with one attached hydrogen (secondary N) is 1. The van der Waals surface area contributed by atoms with Crippen LogP contribution < -0.4 is 5.32 Å². The second kappa shape index (κ2) is 3.52. The summed E-state index contributed by atoms with van der Waals surface area (Å²) in [6.45, 7) is 0. The van der Waals surface area contributed by atoms with Gasteiger partial charge in [-0.25, -0.2) is 0 Å². The minimum atomic E-state index is 0.449. The first-order chi connectivity index (χ1) is 5.95. The van der Waals surface area contributed by atoms with E-state index in [2.05, 4.69) is 32.4 Å². The Morgan fingerprint density at radius 1 is 1.33 bits per heavy atom. The van der Waals surface area contributed by atoms with Crippen LogP contribution in [0, 0.1) is 0 Å². The third-order valence-electron chi connectivity index (χ3n) is 1.35. The molecule has 0 aliphatic carbocycles. The monoisotopic (exact) mass is 225 g/mol. The van der Waals surface area contributed by atoms with Crippen molar-refractivity contribution in [2.24, 2.45) is 0 Å². The predicted octanol–water partition coefficient (Wildman–Crippen LogP) is 1.28. The van der Waals surface area contributed by atoms with Gasteiger partial charge in [0.15, 0.2) is 0 Å². The van der Waals surface area contributed by atoms with E-state index in [9.17, 15) is 0 Å². The molecule has 2 aromatic heterocycles. The first-order valence-electron chi connectivity index (χ1n) is 3.52. The maximum absolute atomic E-state index is 4.06. The van der Waals surface area contributed by atoms with Gasteiger partial charge in [0.1, 0.15) is 0 Å². The minimum absolute atomic E-state index is 0.449. The Bertz CT molecular complexity index is 330. The van der Waals surface area contributed by atoms with Crippen molar-refractivity contribution in [1.82, 2.24) is 9.97 Å². The summed E-state index contributed by atoms with van der Waals surface area (Å²) in [4.78, 5) is 10.1. The summed E-state index contributed by atoms with van der Waals surface area (Å²) in [5.41, 5.74) is 0. The van der Waals surface area contributed by atoms with Gasteiger partial charge in [0.2, 0.25) is 0 Å². The van der Waals surface area contributed by atoms with E-state index in [1.165, 1.54) is 10.9 Å². The Morgan fingerprint density at radius 3 is 3.00 bits per heavy atom. The van der Waals surface area contributed by atoms with Crippen LogP contribution in [-0.2, 0) is 0 Å². The molecule has 0 spiro atoms. The molecule has 1 N–H and O–H groups in total. The fraction of sp³-hybridized carbons (Fsp3) is 0. The van der Waals surface area contributed by atoms with E-state index in [1.54, 1.807) is 6.20 Å². The number of nitrogens with zero attached hydrogens (tertiary/aromatic N) is 2. The van der Waals surface area contributed by atoms with Crippen LogP contribution in [-0.4, -0.2) is 24.5 Å². The van der Waals surface area contributed by atoms with E-state index in [-0.39, 0.29) is 0 Å². The van der Waals surface area contributed by atoms with Gasteiger partial charge < -0.3 is 0 Å². The van der Waals surface area contributed by atoms with Crippen molar-refractivity contribution in [1.29, 1.82) is 0 Å². The second-order valence-corrected chi connectivity index (χ2v) is 4.19. The molecule has 2 rings (SSSR count). The molecular weight excluding hydrogens is 217 g/mol. The van der Waals surface area contributed by atoms with Crippen molar-refractivity contribution in [3.63, 3.8) is 0 Å². The van der Waals surface area contributed by atoms with Crippen molar-refractivity contribution >= 4 is 24.9 Å². The van der Waals surface area contributed by atoms with Gasteiger partial charge >= 0.3 is 75.8 Å². The third kappa shape index (κ3) is 1.72. The number of hydrogen-bond acceptors (Lipinski definition) is 3. The van der Waals surface area contributed by atoms with E-state index in [0.717, 1.165) is 5.82 Å². The molecule has 3 nitrogen and oxygen atoms in total. The number of aromatic nitrogens is 2. The van der Waals surface area contributed by atoms with Crippen LogP contribution in [0.4, 0.5) is 10.4 Å². The van der Waals surface area contributed by atoms with E-state index < -0.39 is 0 Å². The topological polar surface area (TPSA) is 37.8 Å². The fourth-order valence-corrected chi connectivity index (χ4v) is 2.15. The van der Waals surface area contributed by atoms with Gasteiger partial charge in [-0.15, -0.1) is 0 Å². The van der Waals surface area contributed by atoms with Crippen LogP contribution in [0.1, 0.15) is 0 Å². The molecular formula is C8H7N3Se. The molecule has 0 saturated heterocycles. The molecule has 12 heavy (non-hydrogen) atoms. The molecule has 0 unspecified atom stereocenters. The average Bonchev–Trinajstić information content (AvgIpc) is 2.59. The number of hydrogen-bond donors (Lipinski definition) is 1. The van der Waals surface area contributed by atoms with Gasteiger partial charge in [0.05, 0.1) is 0 Å². The molecule has 60 valence electrons. The summed E-state index contributed by atoms with van der Waals surface area (Å²) in [7, 11) is 0. The van der Waals surface area contributed by atoms with Crippen LogP contribution in [0.25, 0.3) is 0 Å². The summed E-state index contributed by atoms with van der Waals surface area (Å²) in [5.74, 6) is 0.863. The molecule has 4 heteroatoms. The van der Waals surface area contributed by atoms with Gasteiger partial charge in [0.25, 0.3) is 0 Å². The van der Waals surface area contributed by atoms with Crippen molar-refractivity contribution in [3.8, 4) is 0 Å². The number of anilines is 2. The van der Waals surface area contributed by atoms with Gasteiger partial charge in [-0.2, -0.15) is 0 Å². The first-order valence-corrected chi connectivity index (χ1v) is 5.36. The zero-order valence-corrected chi connectivity index (χ0v) is 7.98. The maximum atomic E-state index is 4.06. The van der Waals surface area contributed by atoms with Crippen LogP contribution in [0.2, 0.25) is 0 Å². The molecule has 0 saturated carbocycles. The molecule has 0 amide bonds. The summed E-state index contributed by atoms with van der Waals surface area (Å²) in [6, 6.07) is 5.99. The SMILES string of the molecule is c1c[se]c(Nc2ccncn2)c1. The molecule has 0 aromatic carbocycles. The summed E-state index contributed by atoms with van der Waals surface area (Å²) in [5, 5.41) is 3.22. The Hall–Kier alpha value is -1.12. The zero-order valence-electron chi connectivity index (χ0n) is 6.27. The van der Waals surface area contributed by atoms with Gasteiger partial charge in [-0.1, -0.05) is 0 Å². The van der Waals surface area contributed by atoms with E-state index in [1.807, 2.05) is 6.07 Å². The Labute approximate surface area is 76.2 Å². The van der Waals surface area contributed by atoms with Crippen LogP contribution >= 0.6 is 0 Å². The Balaban J connectivity index is 2.15. The first kappa shape index (κ1) is 7.52. The Morgan fingerprint density at radius 2 is 2.33 bits per heavy atom. The second-order valence-electron chi connectivity index (χ2n) is 2.20. The average molecular weight is 224 g/mol. The van der Waals surface area contributed by atoms with Crippen LogP contribution in [0.15, 0.2) is 35.7 Å². The van der Waals surface area contributed by atoms with Gasteiger partial charge in [0, 0.05) is 0 Å².